The molecule has 0 atom stereocenters. The van der Waals surface area contributed by atoms with E-state index in [1.165, 1.54) is 15.3 Å². The molecule has 2 aromatic rings. The Morgan fingerprint density at radius 2 is 1.94 bits per heavy atom. The summed E-state index contributed by atoms with van der Waals surface area (Å²) in [6.45, 7) is 2.65. The lowest BCUT2D eigenvalue weighted by Gasteiger charge is -2.01. The lowest BCUT2D eigenvalue weighted by Crippen LogP contribution is -2.21. The molecule has 2 nitrogen and oxygen atoms in total. The molecule has 1 heterocycles. The maximum absolute atomic E-state index is 11.4. The first-order valence-corrected chi connectivity index (χ1v) is 7.02. The molecule has 0 aliphatic carbocycles. The van der Waals surface area contributed by atoms with Crippen LogP contribution in [0.2, 0.25) is 0 Å². The van der Waals surface area contributed by atoms with Crippen molar-refractivity contribution in [1.29, 1.82) is 0 Å². The maximum atomic E-state index is 11.4. The molecule has 1 aromatic heterocycles. The van der Waals surface area contributed by atoms with E-state index in [0.717, 1.165) is 6.42 Å². The fourth-order valence-corrected chi connectivity index (χ4v) is 2.68. The van der Waals surface area contributed by atoms with Crippen LogP contribution in [0, 0.1) is 0 Å². The quantitative estimate of drug-likeness (QED) is 0.868. The normalized spacial score (nSPS) is 10.3. The Labute approximate surface area is 112 Å². The van der Waals surface area contributed by atoms with Gasteiger partial charge in [0, 0.05) is 16.2 Å². The third kappa shape index (κ3) is 3.44. The van der Waals surface area contributed by atoms with Crippen molar-refractivity contribution in [1.82, 2.24) is 5.32 Å². The Bertz CT molecular complexity index is 504. The Hall–Kier alpha value is -1.61. The van der Waals surface area contributed by atoms with Crippen molar-refractivity contribution < 1.29 is 4.79 Å². The summed E-state index contributed by atoms with van der Waals surface area (Å²) in [6.07, 6.45) is 1.50. The summed E-state index contributed by atoms with van der Waals surface area (Å²) in [5, 5.41) is 2.94. The molecule has 3 heteroatoms. The van der Waals surface area contributed by atoms with Crippen LogP contribution in [0.4, 0.5) is 0 Å². The third-order valence-electron chi connectivity index (χ3n) is 2.66. The molecule has 0 bridgehead atoms. The zero-order valence-electron chi connectivity index (χ0n) is 10.5. The Balaban J connectivity index is 1.97. The Morgan fingerprint density at radius 1 is 1.17 bits per heavy atom. The molecule has 0 fully saturated rings. The van der Waals surface area contributed by atoms with Gasteiger partial charge in [0.05, 0.1) is 6.54 Å². The summed E-state index contributed by atoms with van der Waals surface area (Å²) in [6, 6.07) is 14.5. The van der Waals surface area contributed by atoms with E-state index in [1.54, 1.807) is 11.3 Å². The SMILES string of the molecule is CCCC(=O)NCc1ccc(-c2ccccc2)s1. The summed E-state index contributed by atoms with van der Waals surface area (Å²) < 4.78 is 0. The van der Waals surface area contributed by atoms with Gasteiger partial charge in [0.2, 0.25) is 5.91 Å². The average molecular weight is 259 g/mol. The monoisotopic (exact) mass is 259 g/mol. The number of amides is 1. The predicted octanol–water partition coefficient (Wildman–Crippen LogP) is 3.83. The van der Waals surface area contributed by atoms with E-state index < -0.39 is 0 Å². The van der Waals surface area contributed by atoms with E-state index in [-0.39, 0.29) is 5.91 Å². The molecule has 1 aromatic carbocycles. The molecule has 0 unspecified atom stereocenters. The lowest BCUT2D eigenvalue weighted by atomic mass is 10.2. The molecule has 0 aliphatic heterocycles. The van der Waals surface area contributed by atoms with Gasteiger partial charge in [-0.2, -0.15) is 0 Å². The van der Waals surface area contributed by atoms with Crippen molar-refractivity contribution >= 4 is 17.2 Å². The minimum atomic E-state index is 0.132. The van der Waals surface area contributed by atoms with Gasteiger partial charge < -0.3 is 5.32 Å². The number of rotatable bonds is 5. The molecular weight excluding hydrogens is 242 g/mol. The van der Waals surface area contributed by atoms with Crippen molar-refractivity contribution in [2.45, 2.75) is 26.3 Å². The standard InChI is InChI=1S/C15H17NOS/c1-2-6-15(17)16-11-13-9-10-14(18-13)12-7-4-3-5-8-12/h3-5,7-10H,2,6,11H2,1H3,(H,16,17). The third-order valence-corrected chi connectivity index (χ3v) is 3.79. The lowest BCUT2D eigenvalue weighted by molar-refractivity contribution is -0.121. The zero-order valence-corrected chi connectivity index (χ0v) is 11.3. The summed E-state index contributed by atoms with van der Waals surface area (Å²) >= 11 is 1.73. The van der Waals surface area contributed by atoms with E-state index in [2.05, 4.69) is 29.6 Å². The van der Waals surface area contributed by atoms with Gasteiger partial charge in [0.25, 0.3) is 0 Å². The predicted molar refractivity (Wildman–Crippen MR) is 76.5 cm³/mol. The van der Waals surface area contributed by atoms with Crippen LogP contribution in [0.3, 0.4) is 0 Å². The smallest absolute Gasteiger partial charge is 0.220 e. The number of hydrogen-bond acceptors (Lipinski definition) is 2. The van der Waals surface area contributed by atoms with Gasteiger partial charge in [-0.15, -0.1) is 11.3 Å². The first kappa shape index (κ1) is 12.8. The number of thiophene rings is 1. The largest absolute Gasteiger partial charge is 0.351 e. The van der Waals surface area contributed by atoms with Crippen LogP contribution in [0.5, 0.6) is 0 Å². The summed E-state index contributed by atoms with van der Waals surface area (Å²) in [5.74, 6) is 0.132. The average Bonchev–Trinajstić information content (AvgIpc) is 2.87. The zero-order chi connectivity index (χ0) is 12.8. The molecule has 0 spiro atoms. The molecule has 94 valence electrons. The summed E-state index contributed by atoms with van der Waals surface area (Å²) in [7, 11) is 0. The van der Waals surface area contributed by atoms with E-state index in [4.69, 9.17) is 0 Å². The molecule has 0 saturated carbocycles. The van der Waals surface area contributed by atoms with Gasteiger partial charge in [-0.05, 0) is 24.1 Å². The van der Waals surface area contributed by atoms with Crippen LogP contribution in [0.1, 0.15) is 24.6 Å². The summed E-state index contributed by atoms with van der Waals surface area (Å²) in [4.78, 5) is 13.8. The van der Waals surface area contributed by atoms with E-state index in [9.17, 15) is 4.79 Å². The van der Waals surface area contributed by atoms with E-state index in [1.807, 2.05) is 25.1 Å². The Morgan fingerprint density at radius 3 is 2.67 bits per heavy atom. The molecule has 0 aliphatic rings. The topological polar surface area (TPSA) is 29.1 Å². The molecular formula is C15H17NOS. The second kappa shape index (κ2) is 6.36. The van der Waals surface area contributed by atoms with Crippen LogP contribution in [-0.2, 0) is 11.3 Å². The van der Waals surface area contributed by atoms with E-state index >= 15 is 0 Å². The minimum absolute atomic E-state index is 0.132. The molecule has 0 radical (unpaired) electrons. The number of carbonyl (C=O) groups excluding carboxylic acids is 1. The fourth-order valence-electron chi connectivity index (χ4n) is 1.73. The van der Waals surface area contributed by atoms with Crippen molar-refractivity contribution in [2.24, 2.45) is 0 Å². The highest BCUT2D eigenvalue weighted by Gasteiger charge is 2.04. The highest BCUT2D eigenvalue weighted by atomic mass is 32.1. The first-order chi connectivity index (χ1) is 8.79. The highest BCUT2D eigenvalue weighted by Crippen LogP contribution is 2.27. The molecule has 1 N–H and O–H groups in total. The van der Waals surface area contributed by atoms with Gasteiger partial charge in [-0.25, -0.2) is 0 Å². The maximum Gasteiger partial charge on any atom is 0.220 e. The van der Waals surface area contributed by atoms with Gasteiger partial charge in [0.15, 0.2) is 0 Å². The van der Waals surface area contributed by atoms with Crippen LogP contribution >= 0.6 is 11.3 Å². The van der Waals surface area contributed by atoms with Crippen molar-refractivity contribution in [3.05, 3.63) is 47.3 Å². The van der Waals surface area contributed by atoms with Crippen LogP contribution in [0.25, 0.3) is 10.4 Å². The number of hydrogen-bond donors (Lipinski definition) is 1. The van der Waals surface area contributed by atoms with Gasteiger partial charge in [-0.3, -0.25) is 4.79 Å². The van der Waals surface area contributed by atoms with Crippen LogP contribution in [0.15, 0.2) is 42.5 Å². The first-order valence-electron chi connectivity index (χ1n) is 6.20. The molecule has 1 amide bonds. The Kier molecular flexibility index (Phi) is 4.53. The van der Waals surface area contributed by atoms with Crippen LogP contribution < -0.4 is 5.32 Å². The van der Waals surface area contributed by atoms with Crippen LogP contribution in [-0.4, -0.2) is 5.91 Å². The highest BCUT2D eigenvalue weighted by molar-refractivity contribution is 7.15. The van der Waals surface area contributed by atoms with Gasteiger partial charge in [0.1, 0.15) is 0 Å². The number of carbonyl (C=O) groups is 1. The van der Waals surface area contributed by atoms with Crippen molar-refractivity contribution in [3.8, 4) is 10.4 Å². The fraction of sp³-hybridized carbons (Fsp3) is 0.267. The van der Waals surface area contributed by atoms with Crippen molar-refractivity contribution in [3.63, 3.8) is 0 Å². The number of benzene rings is 1. The second-order valence-electron chi connectivity index (χ2n) is 4.16. The van der Waals surface area contributed by atoms with Gasteiger partial charge >= 0.3 is 0 Å². The second-order valence-corrected chi connectivity index (χ2v) is 5.33. The molecule has 18 heavy (non-hydrogen) atoms. The summed E-state index contributed by atoms with van der Waals surface area (Å²) in [5.41, 5.74) is 1.23. The number of nitrogens with one attached hydrogen (secondary N) is 1. The van der Waals surface area contributed by atoms with E-state index in [0.29, 0.717) is 13.0 Å². The molecule has 0 saturated heterocycles. The minimum Gasteiger partial charge on any atom is -0.351 e. The van der Waals surface area contributed by atoms with Gasteiger partial charge in [-0.1, -0.05) is 37.3 Å². The molecule has 2 rings (SSSR count). The van der Waals surface area contributed by atoms with Crippen molar-refractivity contribution in [2.75, 3.05) is 0 Å².